The molecule has 0 radical (unpaired) electrons. The Morgan fingerprint density at radius 1 is 1.19 bits per heavy atom. The molecule has 1 aliphatic rings. The average Bonchev–Trinajstić information content (AvgIpc) is 2.79. The second kappa shape index (κ2) is 4.50. The zero-order valence-corrected chi connectivity index (χ0v) is 11.6. The number of hydrogen-bond donors (Lipinski definition) is 1. The third-order valence-corrected chi connectivity index (χ3v) is 4.73. The summed E-state index contributed by atoms with van der Waals surface area (Å²) in [7, 11) is 0. The molecular weight excluding hydrogens is 262 g/mol. The number of benzene rings is 1. The molecule has 0 saturated heterocycles. The van der Waals surface area contributed by atoms with Gasteiger partial charge in [0.05, 0.1) is 0 Å². The molecule has 1 aromatic carbocycles. The topological polar surface area (TPSA) is 26.0 Å². The Morgan fingerprint density at radius 3 is 2.31 bits per heavy atom. The Balaban J connectivity index is 1.87. The molecule has 1 fully saturated rings. The summed E-state index contributed by atoms with van der Waals surface area (Å²) in [5, 5.41) is 0. The summed E-state index contributed by atoms with van der Waals surface area (Å²) in [6.45, 7) is 5.53. The van der Waals surface area contributed by atoms with Crippen LogP contribution in [0.25, 0.3) is 0 Å². The molecule has 0 amide bonds. The molecule has 0 unspecified atom stereocenters. The maximum atomic E-state index is 5.78. The van der Waals surface area contributed by atoms with E-state index in [4.69, 9.17) is 5.73 Å². The summed E-state index contributed by atoms with van der Waals surface area (Å²) >= 11 is 3.46. The van der Waals surface area contributed by atoms with E-state index < -0.39 is 0 Å². The molecule has 1 nitrogen and oxygen atoms in total. The van der Waals surface area contributed by atoms with Gasteiger partial charge >= 0.3 is 0 Å². The predicted molar refractivity (Wildman–Crippen MR) is 72.3 cm³/mol. The van der Waals surface area contributed by atoms with Crippen LogP contribution >= 0.6 is 15.9 Å². The van der Waals surface area contributed by atoms with Gasteiger partial charge in [-0.25, -0.2) is 0 Å². The minimum absolute atomic E-state index is 0.476. The van der Waals surface area contributed by atoms with E-state index in [0.717, 1.165) is 22.9 Å². The molecular formula is C14H20BrN. The van der Waals surface area contributed by atoms with Crippen molar-refractivity contribution in [3.05, 3.63) is 34.3 Å². The normalized spacial score (nSPS) is 26.8. The Morgan fingerprint density at radius 2 is 1.81 bits per heavy atom. The smallest absolute Gasteiger partial charge is 0.0175 e. The second-order valence-electron chi connectivity index (χ2n) is 5.44. The molecule has 0 heterocycles. The highest BCUT2D eigenvalue weighted by molar-refractivity contribution is 9.10. The number of halogens is 1. The van der Waals surface area contributed by atoms with Crippen LogP contribution in [0.2, 0.25) is 0 Å². The van der Waals surface area contributed by atoms with E-state index in [-0.39, 0.29) is 0 Å². The van der Waals surface area contributed by atoms with E-state index in [1.165, 1.54) is 18.4 Å². The first-order valence-electron chi connectivity index (χ1n) is 6.00. The second-order valence-corrected chi connectivity index (χ2v) is 6.35. The molecule has 1 saturated carbocycles. The van der Waals surface area contributed by atoms with Gasteiger partial charge in [0.2, 0.25) is 0 Å². The first kappa shape index (κ1) is 12.1. The van der Waals surface area contributed by atoms with Crippen molar-refractivity contribution in [1.29, 1.82) is 0 Å². The van der Waals surface area contributed by atoms with Gasteiger partial charge < -0.3 is 5.73 Å². The van der Waals surface area contributed by atoms with Gasteiger partial charge in [-0.15, -0.1) is 0 Å². The highest BCUT2D eigenvalue weighted by Crippen LogP contribution is 2.59. The summed E-state index contributed by atoms with van der Waals surface area (Å²) in [4.78, 5) is 0. The molecule has 0 aromatic heterocycles. The van der Waals surface area contributed by atoms with Gasteiger partial charge in [0.1, 0.15) is 0 Å². The fraction of sp³-hybridized carbons (Fsp3) is 0.571. The van der Waals surface area contributed by atoms with Gasteiger partial charge in [-0.05, 0) is 54.3 Å². The van der Waals surface area contributed by atoms with Crippen molar-refractivity contribution in [3.63, 3.8) is 0 Å². The molecule has 0 spiro atoms. The summed E-state index contributed by atoms with van der Waals surface area (Å²) in [5.41, 5.74) is 7.69. The fourth-order valence-corrected chi connectivity index (χ4v) is 3.14. The first-order chi connectivity index (χ1) is 7.55. The van der Waals surface area contributed by atoms with E-state index >= 15 is 0 Å². The van der Waals surface area contributed by atoms with Crippen LogP contribution in [0.15, 0.2) is 28.7 Å². The van der Waals surface area contributed by atoms with Crippen molar-refractivity contribution in [3.8, 4) is 0 Å². The van der Waals surface area contributed by atoms with Gasteiger partial charge in [0.15, 0.2) is 0 Å². The van der Waals surface area contributed by atoms with E-state index in [2.05, 4.69) is 54.0 Å². The standard InChI is InChI=1S/C14H20BrN/c1-14(2)12(13(14)9-16)8-5-10-3-6-11(15)7-4-10/h3-4,6-7,12-13H,5,8-9,16H2,1-2H3/t12-,13-/m0/s1. The SMILES string of the molecule is CC1(C)[C@@H](CN)[C@@H]1CCc1ccc(Br)cc1. The van der Waals surface area contributed by atoms with Crippen LogP contribution in [0.1, 0.15) is 25.8 Å². The third kappa shape index (κ3) is 2.33. The molecule has 0 aliphatic heterocycles. The number of rotatable bonds is 4. The highest BCUT2D eigenvalue weighted by atomic mass is 79.9. The summed E-state index contributed by atoms with van der Waals surface area (Å²) in [6.07, 6.45) is 2.45. The van der Waals surface area contributed by atoms with Crippen molar-refractivity contribution in [2.45, 2.75) is 26.7 Å². The van der Waals surface area contributed by atoms with Crippen LogP contribution in [0, 0.1) is 17.3 Å². The third-order valence-electron chi connectivity index (χ3n) is 4.20. The van der Waals surface area contributed by atoms with Crippen LogP contribution in [0.4, 0.5) is 0 Å². The van der Waals surface area contributed by atoms with Gasteiger partial charge in [-0.2, -0.15) is 0 Å². The van der Waals surface area contributed by atoms with Crippen LogP contribution in [0.5, 0.6) is 0 Å². The minimum Gasteiger partial charge on any atom is -0.330 e. The Hall–Kier alpha value is -0.340. The molecule has 2 heteroatoms. The van der Waals surface area contributed by atoms with E-state index in [1.54, 1.807) is 0 Å². The van der Waals surface area contributed by atoms with Gasteiger partial charge in [0.25, 0.3) is 0 Å². The lowest BCUT2D eigenvalue weighted by Crippen LogP contribution is -2.05. The van der Waals surface area contributed by atoms with E-state index in [1.807, 2.05) is 0 Å². The molecule has 2 N–H and O–H groups in total. The Kier molecular flexibility index (Phi) is 3.41. The predicted octanol–water partition coefficient (Wildman–Crippen LogP) is 3.61. The van der Waals surface area contributed by atoms with E-state index in [0.29, 0.717) is 5.41 Å². The molecule has 88 valence electrons. The molecule has 2 atom stereocenters. The van der Waals surface area contributed by atoms with Crippen LogP contribution in [-0.2, 0) is 6.42 Å². The van der Waals surface area contributed by atoms with E-state index in [9.17, 15) is 0 Å². The van der Waals surface area contributed by atoms with Gasteiger partial charge in [0, 0.05) is 4.47 Å². The maximum Gasteiger partial charge on any atom is 0.0175 e. The van der Waals surface area contributed by atoms with Crippen molar-refractivity contribution in [1.82, 2.24) is 0 Å². The lowest BCUT2D eigenvalue weighted by molar-refractivity contribution is 0.522. The zero-order valence-electron chi connectivity index (χ0n) is 10.0. The molecule has 1 aliphatic carbocycles. The number of nitrogens with two attached hydrogens (primary N) is 1. The average molecular weight is 282 g/mol. The quantitative estimate of drug-likeness (QED) is 0.897. The lowest BCUT2D eigenvalue weighted by atomic mass is 10.0. The van der Waals surface area contributed by atoms with Crippen molar-refractivity contribution in [2.75, 3.05) is 6.54 Å². The first-order valence-corrected chi connectivity index (χ1v) is 6.79. The molecule has 2 rings (SSSR count). The maximum absolute atomic E-state index is 5.78. The Bertz CT molecular complexity index is 356. The van der Waals surface area contributed by atoms with Gasteiger partial charge in [-0.1, -0.05) is 41.9 Å². The number of aryl methyl sites for hydroxylation is 1. The highest BCUT2D eigenvalue weighted by Gasteiger charge is 2.55. The van der Waals surface area contributed by atoms with Crippen LogP contribution in [0.3, 0.4) is 0 Å². The van der Waals surface area contributed by atoms with Crippen LogP contribution in [-0.4, -0.2) is 6.54 Å². The summed E-state index contributed by atoms with van der Waals surface area (Å²) < 4.78 is 1.16. The summed E-state index contributed by atoms with van der Waals surface area (Å²) in [5.74, 6) is 1.56. The zero-order chi connectivity index (χ0) is 11.8. The molecule has 16 heavy (non-hydrogen) atoms. The lowest BCUT2D eigenvalue weighted by Gasteiger charge is -2.03. The summed E-state index contributed by atoms with van der Waals surface area (Å²) in [6, 6.07) is 8.65. The van der Waals surface area contributed by atoms with Crippen LogP contribution < -0.4 is 5.73 Å². The molecule has 0 bridgehead atoms. The fourth-order valence-electron chi connectivity index (χ4n) is 2.87. The van der Waals surface area contributed by atoms with Crippen molar-refractivity contribution in [2.24, 2.45) is 23.0 Å². The number of hydrogen-bond acceptors (Lipinski definition) is 1. The van der Waals surface area contributed by atoms with Crippen molar-refractivity contribution >= 4 is 15.9 Å². The van der Waals surface area contributed by atoms with Gasteiger partial charge in [-0.3, -0.25) is 0 Å². The largest absolute Gasteiger partial charge is 0.330 e. The molecule has 1 aromatic rings. The minimum atomic E-state index is 0.476. The Labute approximate surface area is 107 Å². The van der Waals surface area contributed by atoms with Crippen molar-refractivity contribution < 1.29 is 0 Å². The monoisotopic (exact) mass is 281 g/mol.